The van der Waals surface area contributed by atoms with Crippen LogP contribution in [0.25, 0.3) is 0 Å². The summed E-state index contributed by atoms with van der Waals surface area (Å²) < 4.78 is 13.5. The van der Waals surface area contributed by atoms with Gasteiger partial charge in [0, 0.05) is 5.41 Å². The Labute approximate surface area is 84.6 Å². The smallest absolute Gasteiger partial charge is 0.0961 e. The fourth-order valence-electron chi connectivity index (χ4n) is 5.53. The summed E-state index contributed by atoms with van der Waals surface area (Å²) in [5.41, 5.74) is 0.127. The van der Waals surface area contributed by atoms with Crippen molar-refractivity contribution in [2.24, 2.45) is 35.0 Å². The molecule has 0 heterocycles. The van der Waals surface area contributed by atoms with Crippen LogP contribution < -0.4 is 0 Å². The van der Waals surface area contributed by atoms with Crippen LogP contribution in [0.1, 0.15) is 25.7 Å². The Kier molecular flexibility index (Phi) is 1.27. The molecule has 1 heteroatoms. The first-order valence-electron chi connectivity index (χ1n) is 6.10. The van der Waals surface area contributed by atoms with Gasteiger partial charge in [-0.2, -0.15) is 0 Å². The first kappa shape index (κ1) is 7.90. The summed E-state index contributed by atoms with van der Waals surface area (Å²) in [6, 6.07) is 0. The molecular weight excluding hydrogens is 175 g/mol. The summed E-state index contributed by atoms with van der Waals surface area (Å²) in [5.74, 6) is 3.73. The Hall–Kier alpha value is -0.330. The van der Waals surface area contributed by atoms with Crippen LogP contribution in [-0.4, -0.2) is 6.67 Å². The number of hydrogen-bond donors (Lipinski definition) is 0. The van der Waals surface area contributed by atoms with E-state index in [4.69, 9.17) is 0 Å². The fraction of sp³-hybridized carbons (Fsp3) is 0.846. The second-order valence-corrected chi connectivity index (χ2v) is 5.93. The van der Waals surface area contributed by atoms with Gasteiger partial charge in [-0.3, -0.25) is 4.39 Å². The molecule has 0 spiro atoms. The quantitative estimate of drug-likeness (QED) is 0.442. The predicted molar refractivity (Wildman–Crippen MR) is 53.5 cm³/mol. The van der Waals surface area contributed by atoms with E-state index in [1.54, 1.807) is 0 Å². The molecule has 0 nitrogen and oxygen atoms in total. The Morgan fingerprint density at radius 2 is 2.14 bits per heavy atom. The van der Waals surface area contributed by atoms with Crippen LogP contribution in [-0.2, 0) is 0 Å². The lowest BCUT2D eigenvalue weighted by atomic mass is 9.62. The van der Waals surface area contributed by atoms with Crippen molar-refractivity contribution in [2.45, 2.75) is 25.7 Å². The highest BCUT2D eigenvalue weighted by atomic mass is 19.1. The van der Waals surface area contributed by atoms with E-state index in [0.717, 1.165) is 23.7 Å². The van der Waals surface area contributed by atoms with Gasteiger partial charge in [0.2, 0.25) is 0 Å². The molecule has 3 fully saturated rings. The molecule has 0 aromatic rings. The lowest BCUT2D eigenvalue weighted by molar-refractivity contribution is 0.0345. The summed E-state index contributed by atoms with van der Waals surface area (Å²) in [4.78, 5) is 0. The number of fused-ring (bicyclic) bond motifs is 9. The monoisotopic (exact) mass is 192 g/mol. The van der Waals surface area contributed by atoms with Crippen molar-refractivity contribution in [3.8, 4) is 0 Å². The molecule has 0 aromatic heterocycles. The second-order valence-electron chi connectivity index (χ2n) is 5.93. The van der Waals surface area contributed by atoms with Gasteiger partial charge in [-0.1, -0.05) is 12.2 Å². The van der Waals surface area contributed by atoms with Crippen LogP contribution in [0.3, 0.4) is 0 Å². The third-order valence-electron chi connectivity index (χ3n) is 5.86. The summed E-state index contributed by atoms with van der Waals surface area (Å²) in [7, 11) is 0. The Balaban J connectivity index is 1.87. The maximum atomic E-state index is 13.5. The van der Waals surface area contributed by atoms with Crippen molar-refractivity contribution in [2.75, 3.05) is 6.67 Å². The Morgan fingerprint density at radius 1 is 1.21 bits per heavy atom. The first-order chi connectivity index (χ1) is 6.86. The molecule has 0 aliphatic heterocycles. The normalized spacial score (nSPS) is 62.5. The van der Waals surface area contributed by atoms with Gasteiger partial charge >= 0.3 is 0 Å². The van der Waals surface area contributed by atoms with Crippen molar-refractivity contribution in [3.05, 3.63) is 12.2 Å². The van der Waals surface area contributed by atoms with Gasteiger partial charge in [0.05, 0.1) is 6.67 Å². The van der Waals surface area contributed by atoms with Gasteiger partial charge in [0.1, 0.15) is 0 Å². The number of allylic oxidation sites excluding steroid dienone is 2. The van der Waals surface area contributed by atoms with E-state index < -0.39 is 0 Å². The molecule has 4 bridgehead atoms. The molecule has 0 N–H and O–H groups in total. The topological polar surface area (TPSA) is 0 Å². The highest BCUT2D eigenvalue weighted by Crippen LogP contribution is 2.72. The lowest BCUT2D eigenvalue weighted by Gasteiger charge is -2.43. The molecule has 4 aliphatic carbocycles. The van der Waals surface area contributed by atoms with E-state index in [9.17, 15) is 4.39 Å². The van der Waals surface area contributed by atoms with Crippen molar-refractivity contribution in [1.82, 2.24) is 0 Å². The maximum absolute atomic E-state index is 13.5. The Bertz CT molecular complexity index is 308. The summed E-state index contributed by atoms with van der Waals surface area (Å²) in [5, 5.41) is 0. The zero-order chi connectivity index (χ0) is 9.34. The molecule has 0 aromatic carbocycles. The van der Waals surface area contributed by atoms with Crippen molar-refractivity contribution in [1.29, 1.82) is 0 Å². The van der Waals surface area contributed by atoms with E-state index in [2.05, 4.69) is 12.2 Å². The first-order valence-corrected chi connectivity index (χ1v) is 6.10. The van der Waals surface area contributed by atoms with E-state index in [-0.39, 0.29) is 12.1 Å². The van der Waals surface area contributed by atoms with Crippen LogP contribution in [0.15, 0.2) is 12.2 Å². The van der Waals surface area contributed by atoms with Crippen LogP contribution in [0, 0.1) is 35.0 Å². The number of halogens is 1. The largest absolute Gasteiger partial charge is 0.250 e. The molecule has 0 radical (unpaired) electrons. The van der Waals surface area contributed by atoms with Gasteiger partial charge in [-0.15, -0.1) is 0 Å². The predicted octanol–water partition coefficient (Wildman–Crippen LogP) is 3.19. The van der Waals surface area contributed by atoms with Gasteiger partial charge in [0.15, 0.2) is 0 Å². The highest BCUT2D eigenvalue weighted by molar-refractivity contribution is 5.25. The average Bonchev–Trinajstić information content (AvgIpc) is 2.95. The summed E-state index contributed by atoms with van der Waals surface area (Å²) in [6.07, 6.45) is 10.1. The minimum Gasteiger partial charge on any atom is -0.250 e. The van der Waals surface area contributed by atoms with Crippen molar-refractivity contribution >= 4 is 0 Å². The fourth-order valence-corrected chi connectivity index (χ4v) is 5.53. The molecule has 4 aliphatic rings. The molecule has 6 unspecified atom stereocenters. The van der Waals surface area contributed by atoms with Crippen LogP contribution in [0.2, 0.25) is 0 Å². The van der Waals surface area contributed by atoms with Gasteiger partial charge in [-0.05, 0) is 55.3 Å². The van der Waals surface area contributed by atoms with Crippen molar-refractivity contribution in [3.63, 3.8) is 0 Å². The minimum atomic E-state index is -0.0374. The van der Waals surface area contributed by atoms with Gasteiger partial charge < -0.3 is 0 Å². The molecule has 6 atom stereocenters. The second kappa shape index (κ2) is 2.25. The standard InChI is InChI=1S/C13H17F/c14-7-13-10-3-1-8(5-10)12(13)9-2-4-11(13)6-9/h1,3,8-12H,2,4-7H2. The number of rotatable bonds is 1. The van der Waals surface area contributed by atoms with Crippen molar-refractivity contribution < 1.29 is 4.39 Å². The molecule has 4 rings (SSSR count). The molecular formula is C13H17F. The van der Waals surface area contributed by atoms with E-state index in [0.29, 0.717) is 5.92 Å². The lowest BCUT2D eigenvalue weighted by Crippen LogP contribution is -2.41. The van der Waals surface area contributed by atoms with Crippen LogP contribution in [0.5, 0.6) is 0 Å². The number of hydrogen-bond acceptors (Lipinski definition) is 0. The molecule has 0 amide bonds. The zero-order valence-electron chi connectivity index (χ0n) is 8.45. The zero-order valence-corrected chi connectivity index (χ0v) is 8.45. The van der Waals surface area contributed by atoms with Crippen LogP contribution >= 0.6 is 0 Å². The summed E-state index contributed by atoms with van der Waals surface area (Å²) in [6.45, 7) is -0.0374. The van der Waals surface area contributed by atoms with Gasteiger partial charge in [-0.25, -0.2) is 0 Å². The highest BCUT2D eigenvalue weighted by Gasteiger charge is 2.67. The summed E-state index contributed by atoms with van der Waals surface area (Å²) >= 11 is 0. The van der Waals surface area contributed by atoms with E-state index in [1.165, 1.54) is 25.7 Å². The molecule has 76 valence electrons. The average molecular weight is 192 g/mol. The SMILES string of the molecule is FCC12C3C=CC(C3)C1C1CCC2C1. The Morgan fingerprint density at radius 3 is 2.93 bits per heavy atom. The number of alkyl halides is 1. The van der Waals surface area contributed by atoms with Crippen LogP contribution in [0.4, 0.5) is 4.39 Å². The van der Waals surface area contributed by atoms with E-state index >= 15 is 0 Å². The third kappa shape index (κ3) is 0.610. The molecule has 3 saturated carbocycles. The molecule has 0 saturated heterocycles. The van der Waals surface area contributed by atoms with E-state index in [1.807, 2.05) is 0 Å². The minimum absolute atomic E-state index is 0.0374. The maximum Gasteiger partial charge on any atom is 0.0961 e. The third-order valence-corrected chi connectivity index (χ3v) is 5.86. The molecule has 14 heavy (non-hydrogen) atoms. The van der Waals surface area contributed by atoms with Gasteiger partial charge in [0.25, 0.3) is 0 Å².